The molecule has 2 rings (SSSR count). The fourth-order valence-electron chi connectivity index (χ4n) is 9.22. The number of aliphatic hydroxyl groups is 7. The molecule has 0 aromatic rings. The average molecular weight is 1100 g/mol. The first-order valence-corrected chi connectivity index (χ1v) is 30.7. The van der Waals surface area contributed by atoms with Gasteiger partial charge in [0.2, 0.25) is 0 Å². The zero-order valence-corrected chi connectivity index (χ0v) is 48.4. The summed E-state index contributed by atoms with van der Waals surface area (Å²) in [5.74, 6) is -0.393. The van der Waals surface area contributed by atoms with Gasteiger partial charge in [-0.15, -0.1) is 0 Å². The number of allylic oxidation sites excluding steroid dienone is 14. The van der Waals surface area contributed by atoms with Gasteiger partial charge in [0.1, 0.15) is 54.9 Å². The Labute approximate surface area is 471 Å². The Balaban J connectivity index is 1.71. The van der Waals surface area contributed by atoms with E-state index in [0.717, 1.165) is 96.3 Å². The first kappa shape index (κ1) is 71.3. The van der Waals surface area contributed by atoms with E-state index in [9.17, 15) is 40.5 Å². The first-order valence-electron chi connectivity index (χ1n) is 30.7. The van der Waals surface area contributed by atoms with E-state index in [1.54, 1.807) is 0 Å². The zero-order chi connectivity index (χ0) is 56.5. The summed E-state index contributed by atoms with van der Waals surface area (Å²) in [6.07, 6.45) is 49.2. The summed E-state index contributed by atoms with van der Waals surface area (Å²) in [5, 5.41) is 72.4. The lowest BCUT2D eigenvalue weighted by atomic mass is 9.98. The van der Waals surface area contributed by atoms with Crippen LogP contribution in [0.5, 0.6) is 0 Å². The second kappa shape index (κ2) is 49.9. The van der Waals surface area contributed by atoms with Gasteiger partial charge in [0.15, 0.2) is 12.6 Å². The molecule has 0 bridgehead atoms. The summed E-state index contributed by atoms with van der Waals surface area (Å²) >= 11 is 0. The van der Waals surface area contributed by atoms with Crippen molar-refractivity contribution in [3.05, 3.63) is 85.1 Å². The highest BCUT2D eigenvalue weighted by Gasteiger charge is 2.47. The van der Waals surface area contributed by atoms with E-state index in [0.29, 0.717) is 13.0 Å². The Morgan fingerprint density at radius 3 is 1.32 bits per heavy atom. The Morgan fingerprint density at radius 1 is 0.436 bits per heavy atom. The standard InChI is InChI=1S/C64H110O14/c1-3-5-7-9-11-13-15-17-19-21-23-24-25-26-27-28-29-31-33-35-37-39-41-43-45-47-56(66)76-53(50-73-48-46-44-42-40-38-36-34-32-30-22-20-18-16-14-12-10-8-6-4-2)51-74-63-62(72)60(70)58(68)55(78-63)52-75-64-61(71)59(69)57(67)54(49-65)77-64/h5,7,11,13,17,19-20,22-24,26-27,29,31,53-55,57-65,67-72H,3-4,6,8-10,12,14-16,18,21,25,28,30,32-52H2,1-2H3/b7-5-,13-11-,19-17-,22-20-,24-23-,27-26-,31-29-. The molecule has 0 spiro atoms. The van der Waals surface area contributed by atoms with E-state index in [1.165, 1.54) is 89.9 Å². The van der Waals surface area contributed by atoms with Gasteiger partial charge in [-0.25, -0.2) is 0 Å². The fraction of sp³-hybridized carbons (Fsp3) is 0.766. The van der Waals surface area contributed by atoms with Gasteiger partial charge in [0.25, 0.3) is 0 Å². The van der Waals surface area contributed by atoms with Crippen LogP contribution in [-0.4, -0.2) is 142 Å². The average Bonchev–Trinajstić information content (AvgIpc) is 3.44. The smallest absolute Gasteiger partial charge is 0.306 e. The maximum atomic E-state index is 13.1. The molecule has 0 saturated carbocycles. The highest BCUT2D eigenvalue weighted by molar-refractivity contribution is 5.69. The van der Waals surface area contributed by atoms with Crippen LogP contribution >= 0.6 is 0 Å². The maximum absolute atomic E-state index is 13.1. The van der Waals surface area contributed by atoms with Gasteiger partial charge < -0.3 is 64.2 Å². The van der Waals surface area contributed by atoms with E-state index in [2.05, 4.69) is 98.9 Å². The van der Waals surface area contributed by atoms with E-state index in [4.69, 9.17) is 28.4 Å². The van der Waals surface area contributed by atoms with E-state index < -0.39 is 86.7 Å². The lowest BCUT2D eigenvalue weighted by molar-refractivity contribution is -0.332. The van der Waals surface area contributed by atoms with Gasteiger partial charge in [-0.2, -0.15) is 0 Å². The van der Waals surface area contributed by atoms with Crippen LogP contribution in [0.2, 0.25) is 0 Å². The van der Waals surface area contributed by atoms with Crippen molar-refractivity contribution in [2.24, 2.45) is 0 Å². The lowest BCUT2D eigenvalue weighted by Gasteiger charge is -2.42. The molecule has 0 aliphatic carbocycles. The molecule has 0 radical (unpaired) electrons. The molecule has 450 valence electrons. The molecule has 78 heavy (non-hydrogen) atoms. The fourth-order valence-corrected chi connectivity index (χ4v) is 9.22. The molecule has 0 aromatic carbocycles. The topological polar surface area (TPSA) is 214 Å². The minimum atomic E-state index is -1.72. The monoisotopic (exact) mass is 1100 g/mol. The van der Waals surface area contributed by atoms with Crippen LogP contribution in [0.4, 0.5) is 0 Å². The third kappa shape index (κ3) is 35.8. The highest BCUT2D eigenvalue weighted by atomic mass is 16.7. The number of esters is 1. The van der Waals surface area contributed by atoms with Crippen molar-refractivity contribution >= 4 is 5.97 Å². The van der Waals surface area contributed by atoms with Gasteiger partial charge in [0.05, 0.1) is 26.4 Å². The number of unbranched alkanes of at least 4 members (excludes halogenated alkanes) is 21. The normalized spacial score (nSPS) is 24.7. The predicted molar refractivity (Wildman–Crippen MR) is 312 cm³/mol. The van der Waals surface area contributed by atoms with Crippen molar-refractivity contribution in [3.63, 3.8) is 0 Å². The van der Waals surface area contributed by atoms with Gasteiger partial charge >= 0.3 is 5.97 Å². The molecular formula is C64H110O14. The van der Waals surface area contributed by atoms with E-state index in [-0.39, 0.29) is 19.6 Å². The third-order valence-corrected chi connectivity index (χ3v) is 14.1. The number of carbonyl (C=O) groups excluding carboxylic acids is 1. The molecule has 0 aromatic heterocycles. The summed E-state index contributed by atoms with van der Waals surface area (Å²) in [4.78, 5) is 13.1. The quantitative estimate of drug-likeness (QED) is 0.0172. The SMILES string of the molecule is CC/C=C\C/C=C\C/C=C\C/C=C\C/C=C\C/C=C\CCCCCCCCC(=O)OC(COCCCCCCCCCC/C=C\CCCCCCCCC)COC1OC(COC2OC(CO)C(O)C(O)C2O)C(O)C(O)C1O. The van der Waals surface area contributed by atoms with Crippen LogP contribution in [0.15, 0.2) is 85.1 Å². The second-order valence-electron chi connectivity index (χ2n) is 21.1. The maximum Gasteiger partial charge on any atom is 0.306 e. The Morgan fingerprint density at radius 2 is 0.833 bits per heavy atom. The highest BCUT2D eigenvalue weighted by Crippen LogP contribution is 2.27. The van der Waals surface area contributed by atoms with Crippen LogP contribution in [0, 0.1) is 0 Å². The van der Waals surface area contributed by atoms with Gasteiger partial charge in [-0.1, -0.05) is 202 Å². The number of rotatable bonds is 49. The van der Waals surface area contributed by atoms with Gasteiger partial charge in [0, 0.05) is 13.0 Å². The van der Waals surface area contributed by atoms with E-state index >= 15 is 0 Å². The largest absolute Gasteiger partial charge is 0.457 e. The first-order chi connectivity index (χ1) is 38.1. The van der Waals surface area contributed by atoms with Crippen molar-refractivity contribution in [2.45, 2.75) is 280 Å². The molecular weight excluding hydrogens is 993 g/mol. The molecule has 2 heterocycles. The van der Waals surface area contributed by atoms with Crippen molar-refractivity contribution in [1.29, 1.82) is 0 Å². The summed E-state index contributed by atoms with van der Waals surface area (Å²) in [7, 11) is 0. The summed E-state index contributed by atoms with van der Waals surface area (Å²) in [6, 6.07) is 0. The number of aliphatic hydroxyl groups excluding tert-OH is 7. The molecule has 2 saturated heterocycles. The van der Waals surface area contributed by atoms with Gasteiger partial charge in [-0.3, -0.25) is 4.79 Å². The molecule has 14 heteroatoms. The number of hydrogen-bond donors (Lipinski definition) is 7. The van der Waals surface area contributed by atoms with E-state index in [1.807, 2.05) is 0 Å². The molecule has 11 unspecified atom stereocenters. The Kier molecular flexibility index (Phi) is 45.6. The molecule has 2 fully saturated rings. The summed E-state index contributed by atoms with van der Waals surface area (Å²) in [5.41, 5.74) is 0. The lowest BCUT2D eigenvalue weighted by Crippen LogP contribution is -2.61. The molecule has 11 atom stereocenters. The molecule has 7 N–H and O–H groups in total. The Hall–Kier alpha value is -2.83. The van der Waals surface area contributed by atoms with Crippen molar-refractivity contribution in [1.82, 2.24) is 0 Å². The van der Waals surface area contributed by atoms with Crippen LogP contribution in [0.25, 0.3) is 0 Å². The predicted octanol–water partition coefficient (Wildman–Crippen LogP) is 11.6. The summed E-state index contributed by atoms with van der Waals surface area (Å²) < 4.78 is 34.4. The minimum Gasteiger partial charge on any atom is -0.457 e. The third-order valence-electron chi connectivity index (χ3n) is 14.1. The number of carbonyl (C=O) groups is 1. The van der Waals surface area contributed by atoms with Crippen molar-refractivity contribution in [3.8, 4) is 0 Å². The van der Waals surface area contributed by atoms with Gasteiger partial charge in [-0.05, 0) is 89.9 Å². The van der Waals surface area contributed by atoms with Crippen molar-refractivity contribution in [2.75, 3.05) is 33.0 Å². The van der Waals surface area contributed by atoms with Crippen molar-refractivity contribution < 1.29 is 69.0 Å². The zero-order valence-electron chi connectivity index (χ0n) is 48.4. The summed E-state index contributed by atoms with van der Waals surface area (Å²) in [6.45, 7) is 3.55. The molecule has 0 amide bonds. The molecule has 2 aliphatic rings. The van der Waals surface area contributed by atoms with Crippen LogP contribution in [0.3, 0.4) is 0 Å². The minimum absolute atomic E-state index is 0.0492. The number of ether oxygens (including phenoxy) is 6. The number of hydrogen-bond acceptors (Lipinski definition) is 14. The molecule has 2 aliphatic heterocycles. The Bertz CT molecular complexity index is 1610. The van der Waals surface area contributed by atoms with Crippen LogP contribution in [0.1, 0.15) is 213 Å². The molecule has 14 nitrogen and oxygen atoms in total. The van der Waals surface area contributed by atoms with Crippen LogP contribution in [-0.2, 0) is 33.2 Å². The second-order valence-corrected chi connectivity index (χ2v) is 21.1. The van der Waals surface area contributed by atoms with Crippen LogP contribution < -0.4 is 0 Å².